The first kappa shape index (κ1) is 20.9. The average Bonchev–Trinajstić information content (AvgIpc) is 3.45. The molecule has 0 aliphatic heterocycles. The van der Waals surface area contributed by atoms with Crippen molar-refractivity contribution in [1.29, 1.82) is 0 Å². The van der Waals surface area contributed by atoms with Gasteiger partial charge >= 0.3 is 5.82 Å². The normalized spacial score (nSPS) is 12.1. The minimum absolute atomic E-state index is 0.183. The van der Waals surface area contributed by atoms with Crippen LogP contribution < -0.4 is 5.32 Å². The third-order valence-corrected chi connectivity index (χ3v) is 5.88. The van der Waals surface area contributed by atoms with Crippen molar-refractivity contribution in [3.05, 3.63) is 73.7 Å². The lowest BCUT2D eigenvalue weighted by atomic mass is 10.2. The van der Waals surface area contributed by atoms with Gasteiger partial charge in [0.25, 0.3) is 0 Å². The van der Waals surface area contributed by atoms with E-state index in [4.69, 9.17) is 11.6 Å². The third kappa shape index (κ3) is 4.39. The second kappa shape index (κ2) is 8.40. The quantitative estimate of drug-likeness (QED) is 0.320. The summed E-state index contributed by atoms with van der Waals surface area (Å²) in [4.78, 5) is 10.4. The molecule has 160 valence electrons. The van der Waals surface area contributed by atoms with Crippen LogP contribution in [0.5, 0.6) is 0 Å². The smallest absolute Gasteiger partial charge is 0.358 e. The van der Waals surface area contributed by atoms with Crippen LogP contribution in [-0.2, 0) is 6.54 Å². The second-order valence-corrected chi connectivity index (χ2v) is 8.11. The van der Waals surface area contributed by atoms with E-state index >= 15 is 0 Å². The highest BCUT2D eigenvalue weighted by Gasteiger charge is 2.23. The summed E-state index contributed by atoms with van der Waals surface area (Å²) >= 11 is 7.35. The van der Waals surface area contributed by atoms with E-state index < -0.39 is 10.7 Å². The summed E-state index contributed by atoms with van der Waals surface area (Å²) in [6.45, 7) is 3.76. The van der Waals surface area contributed by atoms with Crippen molar-refractivity contribution in [2.24, 2.45) is 0 Å². The van der Waals surface area contributed by atoms with E-state index in [0.29, 0.717) is 32.2 Å². The van der Waals surface area contributed by atoms with Gasteiger partial charge in [0.1, 0.15) is 16.9 Å². The Morgan fingerprint density at radius 3 is 2.84 bits per heavy atom. The van der Waals surface area contributed by atoms with Gasteiger partial charge in [0.05, 0.1) is 23.4 Å². The van der Waals surface area contributed by atoms with Gasteiger partial charge in [-0.2, -0.15) is 9.78 Å². The highest BCUT2D eigenvalue weighted by molar-refractivity contribution is 7.15. The Hall–Kier alpha value is -3.38. The van der Waals surface area contributed by atoms with Crippen LogP contribution >= 0.6 is 22.9 Å². The number of hydrogen-bond acceptors (Lipinski definition) is 8. The van der Waals surface area contributed by atoms with E-state index in [-0.39, 0.29) is 18.4 Å². The molecular weight excluding hydrogens is 447 g/mol. The van der Waals surface area contributed by atoms with Crippen molar-refractivity contribution in [2.45, 2.75) is 26.4 Å². The van der Waals surface area contributed by atoms with Crippen molar-refractivity contribution in [3.63, 3.8) is 0 Å². The number of nitro groups is 1. The van der Waals surface area contributed by atoms with Crippen molar-refractivity contribution < 1.29 is 9.31 Å². The number of nitrogens with one attached hydrogen (secondary N) is 1. The van der Waals surface area contributed by atoms with E-state index in [0.717, 1.165) is 0 Å². The molecule has 3 heterocycles. The number of halogens is 2. The zero-order valence-electron chi connectivity index (χ0n) is 16.4. The highest BCUT2D eigenvalue weighted by atomic mass is 35.5. The molecule has 0 unspecified atom stereocenters. The predicted molar refractivity (Wildman–Crippen MR) is 113 cm³/mol. The standard InChI is InChI=1S/C18H16ClFN8O2S/c1-10-8-16(28(29)30)25-27(10)11(2)17-22-23-18(31-17)21-15-6-7-26(24-15)9-12-13(19)4-3-5-14(12)20/h3-8,11H,9H2,1-2H3,(H,21,23,24)/t11-/m1/s1. The fourth-order valence-corrected chi connectivity index (χ4v) is 3.99. The van der Waals surface area contributed by atoms with Gasteiger partial charge in [-0.15, -0.1) is 10.2 Å². The topological polar surface area (TPSA) is 117 Å². The number of anilines is 2. The summed E-state index contributed by atoms with van der Waals surface area (Å²) in [5, 5.41) is 32.1. The Morgan fingerprint density at radius 1 is 1.32 bits per heavy atom. The van der Waals surface area contributed by atoms with Gasteiger partial charge in [0.2, 0.25) is 5.13 Å². The van der Waals surface area contributed by atoms with Crippen LogP contribution in [0.2, 0.25) is 5.02 Å². The van der Waals surface area contributed by atoms with E-state index in [1.54, 1.807) is 36.0 Å². The summed E-state index contributed by atoms with van der Waals surface area (Å²) in [6, 6.07) is 7.33. The summed E-state index contributed by atoms with van der Waals surface area (Å²) in [7, 11) is 0. The summed E-state index contributed by atoms with van der Waals surface area (Å²) in [5.41, 5.74) is 1.00. The fourth-order valence-electron chi connectivity index (χ4n) is 2.98. The Balaban J connectivity index is 1.47. The first-order chi connectivity index (χ1) is 14.8. The molecule has 0 saturated heterocycles. The van der Waals surface area contributed by atoms with Crippen molar-refractivity contribution in [3.8, 4) is 0 Å². The molecule has 31 heavy (non-hydrogen) atoms. The molecule has 0 spiro atoms. The number of nitrogens with zero attached hydrogens (tertiary/aromatic N) is 7. The SMILES string of the molecule is Cc1cc([N+](=O)[O-])nn1[C@H](C)c1nnc(Nc2ccn(Cc3c(F)cccc3Cl)n2)s1. The van der Waals surface area contributed by atoms with Crippen LogP contribution in [-0.4, -0.2) is 34.7 Å². The molecule has 0 bridgehead atoms. The van der Waals surface area contributed by atoms with Crippen LogP contribution in [0.1, 0.15) is 29.2 Å². The summed E-state index contributed by atoms with van der Waals surface area (Å²) in [5.74, 6) is -0.101. The van der Waals surface area contributed by atoms with Crippen molar-refractivity contribution in [1.82, 2.24) is 29.8 Å². The van der Waals surface area contributed by atoms with Crippen LogP contribution in [0.4, 0.5) is 21.2 Å². The van der Waals surface area contributed by atoms with E-state index in [1.807, 2.05) is 6.92 Å². The predicted octanol–water partition coefficient (Wildman–Crippen LogP) is 4.34. The lowest BCUT2D eigenvalue weighted by Crippen LogP contribution is -2.10. The Morgan fingerprint density at radius 2 is 2.13 bits per heavy atom. The van der Waals surface area contributed by atoms with E-state index in [2.05, 4.69) is 25.7 Å². The lowest BCUT2D eigenvalue weighted by molar-refractivity contribution is -0.389. The average molecular weight is 463 g/mol. The molecule has 10 nitrogen and oxygen atoms in total. The molecule has 1 atom stereocenters. The Labute approximate surface area is 184 Å². The molecule has 0 fully saturated rings. The first-order valence-corrected chi connectivity index (χ1v) is 10.3. The summed E-state index contributed by atoms with van der Waals surface area (Å²) in [6.07, 6.45) is 1.70. The zero-order valence-corrected chi connectivity index (χ0v) is 17.9. The Kier molecular flexibility index (Phi) is 5.65. The number of rotatable bonds is 7. The number of benzene rings is 1. The summed E-state index contributed by atoms with van der Waals surface area (Å²) < 4.78 is 17.1. The van der Waals surface area contributed by atoms with Gasteiger partial charge in [0, 0.05) is 22.8 Å². The molecule has 4 aromatic rings. The van der Waals surface area contributed by atoms with E-state index in [1.165, 1.54) is 28.2 Å². The molecule has 1 aromatic carbocycles. The lowest BCUT2D eigenvalue weighted by Gasteiger charge is -2.06. The zero-order chi connectivity index (χ0) is 22.1. The largest absolute Gasteiger partial charge is 0.390 e. The minimum Gasteiger partial charge on any atom is -0.358 e. The van der Waals surface area contributed by atoms with Gasteiger partial charge in [-0.1, -0.05) is 29.0 Å². The minimum atomic E-state index is -0.534. The molecule has 1 N–H and O–H groups in total. The molecule has 0 saturated carbocycles. The maximum atomic E-state index is 14.0. The molecule has 0 radical (unpaired) electrons. The van der Waals surface area contributed by atoms with Crippen LogP contribution in [0.15, 0.2) is 36.5 Å². The molecule has 3 aromatic heterocycles. The monoisotopic (exact) mass is 462 g/mol. The maximum absolute atomic E-state index is 14.0. The van der Waals surface area contributed by atoms with Gasteiger partial charge < -0.3 is 15.4 Å². The van der Waals surface area contributed by atoms with Gasteiger partial charge in [-0.3, -0.25) is 4.68 Å². The van der Waals surface area contributed by atoms with Gasteiger partial charge in [-0.05, 0) is 30.9 Å². The van der Waals surface area contributed by atoms with Crippen LogP contribution in [0.3, 0.4) is 0 Å². The molecule has 0 aliphatic rings. The van der Waals surface area contributed by atoms with Crippen molar-refractivity contribution in [2.75, 3.05) is 5.32 Å². The van der Waals surface area contributed by atoms with Gasteiger partial charge in [0.15, 0.2) is 5.82 Å². The number of aromatic nitrogens is 6. The second-order valence-electron chi connectivity index (χ2n) is 6.69. The third-order valence-electron chi connectivity index (χ3n) is 4.52. The molecule has 13 heteroatoms. The fraction of sp³-hybridized carbons (Fsp3) is 0.222. The Bertz CT molecular complexity index is 1230. The highest BCUT2D eigenvalue weighted by Crippen LogP contribution is 2.28. The number of hydrogen-bond donors (Lipinski definition) is 1. The maximum Gasteiger partial charge on any atom is 0.390 e. The molecular formula is C18H16ClFN8O2S. The van der Waals surface area contributed by atoms with Crippen LogP contribution in [0, 0.1) is 22.9 Å². The molecule has 0 aliphatic carbocycles. The molecule has 0 amide bonds. The van der Waals surface area contributed by atoms with Crippen molar-refractivity contribution >= 4 is 39.7 Å². The number of aryl methyl sites for hydroxylation is 1. The van der Waals surface area contributed by atoms with Crippen LogP contribution in [0.25, 0.3) is 0 Å². The van der Waals surface area contributed by atoms with E-state index in [9.17, 15) is 14.5 Å². The molecule has 4 rings (SSSR count). The first-order valence-electron chi connectivity index (χ1n) is 9.09. The van der Waals surface area contributed by atoms with Gasteiger partial charge in [-0.25, -0.2) is 4.39 Å².